The van der Waals surface area contributed by atoms with Crippen molar-refractivity contribution in [2.75, 3.05) is 13.2 Å². The molecule has 2 rings (SSSR count). The Kier molecular flexibility index (Phi) is 3.10. The van der Waals surface area contributed by atoms with Gasteiger partial charge in [0.15, 0.2) is 0 Å². The van der Waals surface area contributed by atoms with Gasteiger partial charge >= 0.3 is 0 Å². The van der Waals surface area contributed by atoms with Crippen LogP contribution in [0.2, 0.25) is 0 Å². The normalized spacial score (nSPS) is 44.8. The average molecular weight is 198 g/mol. The topological polar surface area (TPSA) is 49.5 Å². The Morgan fingerprint density at radius 1 is 1.36 bits per heavy atom. The molecule has 4 atom stereocenters. The second kappa shape index (κ2) is 4.17. The van der Waals surface area contributed by atoms with Crippen molar-refractivity contribution in [1.29, 1.82) is 0 Å². The lowest BCUT2D eigenvalue weighted by molar-refractivity contribution is 0.0981. The largest absolute Gasteiger partial charge is 0.395 e. The fourth-order valence-corrected chi connectivity index (χ4v) is 3.12. The maximum atomic E-state index is 9.37. The lowest BCUT2D eigenvalue weighted by Gasteiger charge is -2.33. The van der Waals surface area contributed by atoms with Crippen molar-refractivity contribution < 1.29 is 5.11 Å². The minimum Gasteiger partial charge on any atom is -0.395 e. The summed E-state index contributed by atoms with van der Waals surface area (Å²) in [6, 6.07) is 1.25. The Morgan fingerprint density at radius 3 is 2.71 bits per heavy atom. The van der Waals surface area contributed by atoms with E-state index in [1.54, 1.807) is 0 Å². The molecule has 0 amide bonds. The summed E-state index contributed by atoms with van der Waals surface area (Å²) in [5, 5.41) is 9.37. The predicted molar refractivity (Wildman–Crippen MR) is 57.0 cm³/mol. The van der Waals surface area contributed by atoms with Gasteiger partial charge in [-0.05, 0) is 31.7 Å². The monoisotopic (exact) mass is 198 g/mol. The number of aliphatic hydroxyl groups excluding tert-OH is 1. The molecule has 0 aromatic heterocycles. The van der Waals surface area contributed by atoms with Gasteiger partial charge < -0.3 is 10.8 Å². The molecule has 1 aliphatic carbocycles. The van der Waals surface area contributed by atoms with E-state index < -0.39 is 0 Å². The molecule has 0 aromatic carbocycles. The van der Waals surface area contributed by atoms with E-state index in [9.17, 15) is 5.11 Å². The van der Waals surface area contributed by atoms with Crippen molar-refractivity contribution in [2.24, 2.45) is 11.7 Å². The Hall–Kier alpha value is -0.120. The molecule has 0 bridgehead atoms. The third-order valence-corrected chi connectivity index (χ3v) is 4.07. The molecule has 3 nitrogen and oxygen atoms in total. The van der Waals surface area contributed by atoms with Crippen LogP contribution < -0.4 is 5.73 Å². The molecule has 2 aliphatic rings. The second-order valence-corrected chi connectivity index (χ2v) is 4.92. The first-order valence-corrected chi connectivity index (χ1v) is 5.86. The molecule has 0 spiro atoms. The first-order valence-electron chi connectivity index (χ1n) is 5.86. The van der Waals surface area contributed by atoms with Gasteiger partial charge in [-0.2, -0.15) is 0 Å². The van der Waals surface area contributed by atoms with E-state index in [4.69, 9.17) is 5.73 Å². The standard InChI is InChI=1S/C11H22N2O/c1-8-5-6-13(11(8)7-14)10-4-2-3-9(10)12/h8-11,14H,2-7,12H2,1H3. The summed E-state index contributed by atoms with van der Waals surface area (Å²) < 4.78 is 0. The lowest BCUT2D eigenvalue weighted by atomic mass is 10.0. The molecule has 1 saturated carbocycles. The van der Waals surface area contributed by atoms with E-state index in [-0.39, 0.29) is 0 Å². The van der Waals surface area contributed by atoms with Gasteiger partial charge in [0.1, 0.15) is 0 Å². The van der Waals surface area contributed by atoms with E-state index in [1.165, 1.54) is 19.3 Å². The zero-order chi connectivity index (χ0) is 10.1. The summed E-state index contributed by atoms with van der Waals surface area (Å²) in [5.41, 5.74) is 6.10. The molecule has 3 N–H and O–H groups in total. The van der Waals surface area contributed by atoms with Gasteiger partial charge in [-0.25, -0.2) is 0 Å². The number of hydrogen-bond donors (Lipinski definition) is 2. The molecule has 1 heterocycles. The first-order chi connectivity index (χ1) is 6.74. The fourth-order valence-electron chi connectivity index (χ4n) is 3.12. The van der Waals surface area contributed by atoms with Gasteiger partial charge in [-0.1, -0.05) is 13.3 Å². The van der Waals surface area contributed by atoms with Crippen LogP contribution in [0.3, 0.4) is 0 Å². The maximum absolute atomic E-state index is 9.37. The minimum absolute atomic E-state index is 0.296. The third-order valence-electron chi connectivity index (χ3n) is 4.07. The van der Waals surface area contributed by atoms with Crippen molar-refractivity contribution in [3.05, 3.63) is 0 Å². The third kappa shape index (κ3) is 1.69. The summed E-state index contributed by atoms with van der Waals surface area (Å²) >= 11 is 0. The van der Waals surface area contributed by atoms with Gasteiger partial charge in [0.25, 0.3) is 0 Å². The quantitative estimate of drug-likeness (QED) is 0.682. The van der Waals surface area contributed by atoms with Gasteiger partial charge in [0.05, 0.1) is 6.61 Å². The highest BCUT2D eigenvalue weighted by molar-refractivity contribution is 4.95. The van der Waals surface area contributed by atoms with Crippen molar-refractivity contribution >= 4 is 0 Å². The van der Waals surface area contributed by atoms with Crippen LogP contribution in [0.5, 0.6) is 0 Å². The van der Waals surface area contributed by atoms with Crippen molar-refractivity contribution in [3.8, 4) is 0 Å². The smallest absolute Gasteiger partial charge is 0.0589 e. The Balaban J connectivity index is 2.02. The van der Waals surface area contributed by atoms with Crippen molar-refractivity contribution in [1.82, 2.24) is 4.90 Å². The highest BCUT2D eigenvalue weighted by Crippen LogP contribution is 2.32. The summed E-state index contributed by atoms with van der Waals surface area (Å²) in [6.07, 6.45) is 4.86. The Labute approximate surface area is 86.3 Å². The van der Waals surface area contributed by atoms with E-state index in [2.05, 4.69) is 11.8 Å². The molecular weight excluding hydrogens is 176 g/mol. The summed E-state index contributed by atoms with van der Waals surface area (Å²) in [7, 11) is 0. The number of nitrogens with zero attached hydrogens (tertiary/aromatic N) is 1. The maximum Gasteiger partial charge on any atom is 0.0589 e. The van der Waals surface area contributed by atoms with Crippen LogP contribution in [-0.4, -0.2) is 41.3 Å². The number of nitrogens with two attached hydrogens (primary N) is 1. The van der Waals surface area contributed by atoms with Crippen LogP contribution in [0.4, 0.5) is 0 Å². The SMILES string of the molecule is CC1CCN(C2CCCC2N)C1CO. The molecule has 14 heavy (non-hydrogen) atoms. The highest BCUT2D eigenvalue weighted by Gasteiger charge is 2.39. The first kappa shape index (κ1) is 10.4. The van der Waals surface area contributed by atoms with E-state index in [1.807, 2.05) is 0 Å². The number of hydrogen-bond acceptors (Lipinski definition) is 3. The molecule has 1 saturated heterocycles. The van der Waals surface area contributed by atoms with E-state index >= 15 is 0 Å². The Bertz CT molecular complexity index is 198. The molecular formula is C11H22N2O. The zero-order valence-electron chi connectivity index (χ0n) is 9.02. The molecule has 1 aliphatic heterocycles. The highest BCUT2D eigenvalue weighted by atomic mass is 16.3. The summed E-state index contributed by atoms with van der Waals surface area (Å²) in [6.45, 7) is 3.66. The van der Waals surface area contributed by atoms with Gasteiger partial charge in [0.2, 0.25) is 0 Å². The molecule has 0 radical (unpaired) electrons. The predicted octanol–water partition coefficient (Wildman–Crippen LogP) is 0.569. The van der Waals surface area contributed by atoms with Gasteiger partial charge in [-0.3, -0.25) is 4.90 Å². The van der Waals surface area contributed by atoms with Crippen LogP contribution in [0, 0.1) is 5.92 Å². The second-order valence-electron chi connectivity index (χ2n) is 4.92. The van der Waals surface area contributed by atoms with E-state index in [0.717, 1.165) is 13.0 Å². The van der Waals surface area contributed by atoms with Crippen molar-refractivity contribution in [3.63, 3.8) is 0 Å². The summed E-state index contributed by atoms with van der Waals surface area (Å²) in [5.74, 6) is 0.632. The van der Waals surface area contributed by atoms with Crippen LogP contribution in [0.25, 0.3) is 0 Å². The Morgan fingerprint density at radius 2 is 2.14 bits per heavy atom. The molecule has 0 aromatic rings. The number of rotatable bonds is 2. The minimum atomic E-state index is 0.296. The summed E-state index contributed by atoms with van der Waals surface area (Å²) in [4.78, 5) is 2.46. The van der Waals surface area contributed by atoms with Crippen LogP contribution in [0.1, 0.15) is 32.6 Å². The molecule has 2 fully saturated rings. The fraction of sp³-hybridized carbons (Fsp3) is 1.00. The number of likely N-dealkylation sites (tertiary alicyclic amines) is 1. The van der Waals surface area contributed by atoms with Crippen LogP contribution >= 0.6 is 0 Å². The molecule has 82 valence electrons. The number of aliphatic hydroxyl groups is 1. The molecule has 3 heteroatoms. The van der Waals surface area contributed by atoms with Gasteiger partial charge in [-0.15, -0.1) is 0 Å². The lowest BCUT2D eigenvalue weighted by Crippen LogP contribution is -2.48. The van der Waals surface area contributed by atoms with Crippen LogP contribution in [-0.2, 0) is 0 Å². The van der Waals surface area contributed by atoms with Gasteiger partial charge in [0, 0.05) is 18.1 Å². The zero-order valence-corrected chi connectivity index (χ0v) is 9.02. The van der Waals surface area contributed by atoms with Crippen molar-refractivity contribution in [2.45, 2.75) is 50.7 Å². The van der Waals surface area contributed by atoms with E-state index in [0.29, 0.717) is 30.7 Å². The average Bonchev–Trinajstić information content (AvgIpc) is 2.71. The molecule has 4 unspecified atom stereocenters. The van der Waals surface area contributed by atoms with Crippen LogP contribution in [0.15, 0.2) is 0 Å².